The van der Waals surface area contributed by atoms with Gasteiger partial charge >= 0.3 is 5.97 Å². The Morgan fingerprint density at radius 2 is 1.08 bits per heavy atom. The Labute approximate surface area is 148 Å². The van der Waals surface area contributed by atoms with Gasteiger partial charge in [0, 0.05) is 0 Å². The third-order valence-electron chi connectivity index (χ3n) is 4.42. The molecule has 25 heavy (non-hydrogen) atoms. The molecular formula is C22H21NO2. The predicted octanol–water partition coefficient (Wildman–Crippen LogP) is 4.04. The van der Waals surface area contributed by atoms with Crippen molar-refractivity contribution in [2.45, 2.75) is 18.5 Å². The van der Waals surface area contributed by atoms with Gasteiger partial charge in [-0.05, 0) is 23.6 Å². The summed E-state index contributed by atoms with van der Waals surface area (Å²) in [6, 6.07) is 29.2. The van der Waals surface area contributed by atoms with Crippen molar-refractivity contribution in [2.24, 2.45) is 0 Å². The molecule has 0 aromatic heterocycles. The summed E-state index contributed by atoms with van der Waals surface area (Å²) in [6.07, 6.45) is 0. The molecular weight excluding hydrogens is 310 g/mol. The average Bonchev–Trinajstić information content (AvgIpc) is 2.68. The first-order chi connectivity index (χ1) is 12.1. The first kappa shape index (κ1) is 16.9. The van der Waals surface area contributed by atoms with Gasteiger partial charge in [-0.3, -0.25) is 10.1 Å². The van der Waals surface area contributed by atoms with E-state index in [9.17, 15) is 9.90 Å². The summed E-state index contributed by atoms with van der Waals surface area (Å²) >= 11 is 0. The highest BCUT2D eigenvalue weighted by Crippen LogP contribution is 2.37. The molecule has 0 saturated carbocycles. The van der Waals surface area contributed by atoms with Crippen LogP contribution in [0.2, 0.25) is 0 Å². The number of hydrogen-bond donors (Lipinski definition) is 2. The van der Waals surface area contributed by atoms with Gasteiger partial charge in [0.05, 0.1) is 5.54 Å². The third-order valence-corrected chi connectivity index (χ3v) is 4.42. The number of rotatable bonds is 6. The number of benzene rings is 3. The highest BCUT2D eigenvalue weighted by molar-refractivity contribution is 5.73. The number of carbonyl (C=O) groups is 1. The molecule has 0 aliphatic rings. The van der Waals surface area contributed by atoms with Gasteiger partial charge in [0.2, 0.25) is 0 Å². The van der Waals surface area contributed by atoms with Gasteiger partial charge in [-0.2, -0.15) is 0 Å². The molecule has 0 fully saturated rings. The van der Waals surface area contributed by atoms with E-state index in [1.54, 1.807) is 6.92 Å². The van der Waals surface area contributed by atoms with E-state index in [1.807, 2.05) is 91.0 Å². The zero-order chi connectivity index (χ0) is 17.7. The second-order valence-corrected chi connectivity index (χ2v) is 6.05. The Bertz CT molecular complexity index is 720. The van der Waals surface area contributed by atoms with Gasteiger partial charge in [-0.15, -0.1) is 0 Å². The lowest BCUT2D eigenvalue weighted by Crippen LogP contribution is -2.51. The van der Waals surface area contributed by atoms with Crippen LogP contribution in [0.1, 0.15) is 23.6 Å². The average molecular weight is 331 g/mol. The molecule has 0 bridgehead atoms. The minimum absolute atomic E-state index is 0.722. The zero-order valence-electron chi connectivity index (χ0n) is 14.1. The zero-order valence-corrected chi connectivity index (χ0v) is 14.1. The molecule has 3 aromatic rings. The summed E-state index contributed by atoms with van der Waals surface area (Å²) in [5, 5.41) is 12.9. The maximum atomic E-state index is 11.6. The number of hydrogen-bond acceptors (Lipinski definition) is 2. The van der Waals surface area contributed by atoms with Gasteiger partial charge in [-0.25, -0.2) is 0 Å². The largest absolute Gasteiger partial charge is 0.480 e. The van der Waals surface area contributed by atoms with E-state index in [1.165, 1.54) is 0 Å². The lowest BCUT2D eigenvalue weighted by molar-refractivity contribution is -0.139. The van der Waals surface area contributed by atoms with Crippen LogP contribution >= 0.6 is 0 Å². The van der Waals surface area contributed by atoms with E-state index in [2.05, 4.69) is 5.32 Å². The minimum atomic E-state index is -0.882. The molecule has 0 heterocycles. The Balaban J connectivity index is 2.29. The fourth-order valence-electron chi connectivity index (χ4n) is 3.20. The number of nitrogens with one attached hydrogen (secondary N) is 1. The van der Waals surface area contributed by atoms with Gasteiger partial charge in [0.25, 0.3) is 0 Å². The molecule has 126 valence electrons. The minimum Gasteiger partial charge on any atom is -0.480 e. The Morgan fingerprint density at radius 3 is 1.36 bits per heavy atom. The van der Waals surface area contributed by atoms with E-state index >= 15 is 0 Å². The van der Waals surface area contributed by atoms with Crippen LogP contribution in [0.5, 0.6) is 0 Å². The van der Waals surface area contributed by atoms with E-state index in [-0.39, 0.29) is 0 Å². The maximum absolute atomic E-state index is 11.6. The standard InChI is InChI=1S/C22H21NO2/c1-17(21(24)25)23-22(18-11-5-2-6-12-18,19-13-7-3-8-14-19)20-15-9-4-10-16-20/h2-17,23H,1H3,(H,24,25). The van der Waals surface area contributed by atoms with Gasteiger partial charge in [0.15, 0.2) is 0 Å². The van der Waals surface area contributed by atoms with Crippen LogP contribution in [0.4, 0.5) is 0 Å². The molecule has 3 rings (SSSR count). The molecule has 0 radical (unpaired) electrons. The van der Waals surface area contributed by atoms with Crippen molar-refractivity contribution in [2.75, 3.05) is 0 Å². The summed E-state index contributed by atoms with van der Waals surface area (Å²) in [6.45, 7) is 1.67. The normalized spacial score (nSPS) is 12.5. The van der Waals surface area contributed by atoms with Crippen LogP contribution < -0.4 is 5.32 Å². The summed E-state index contributed by atoms with van der Waals surface area (Å²) in [4.78, 5) is 11.6. The van der Waals surface area contributed by atoms with Crippen molar-refractivity contribution < 1.29 is 9.90 Å². The molecule has 0 amide bonds. The van der Waals surface area contributed by atoms with Crippen LogP contribution in [0.3, 0.4) is 0 Å². The van der Waals surface area contributed by atoms with Gasteiger partial charge < -0.3 is 5.11 Å². The molecule has 1 unspecified atom stereocenters. The molecule has 0 saturated heterocycles. The summed E-state index contributed by atoms with van der Waals surface area (Å²) < 4.78 is 0. The van der Waals surface area contributed by atoms with E-state index < -0.39 is 17.6 Å². The predicted molar refractivity (Wildman–Crippen MR) is 99.4 cm³/mol. The molecule has 2 N–H and O–H groups in total. The molecule has 3 aromatic carbocycles. The van der Waals surface area contributed by atoms with Crippen LogP contribution in [0, 0.1) is 0 Å². The van der Waals surface area contributed by atoms with E-state index in [4.69, 9.17) is 0 Å². The van der Waals surface area contributed by atoms with Crippen molar-refractivity contribution in [1.82, 2.24) is 5.32 Å². The fraction of sp³-hybridized carbons (Fsp3) is 0.136. The highest BCUT2D eigenvalue weighted by atomic mass is 16.4. The molecule has 1 atom stereocenters. The SMILES string of the molecule is CC(NC(c1ccccc1)(c1ccccc1)c1ccccc1)C(=O)O. The van der Waals surface area contributed by atoms with Crippen molar-refractivity contribution in [3.63, 3.8) is 0 Å². The van der Waals surface area contributed by atoms with Gasteiger partial charge in [0.1, 0.15) is 6.04 Å². The molecule has 3 heteroatoms. The maximum Gasteiger partial charge on any atom is 0.320 e. The van der Waals surface area contributed by atoms with E-state index in [0.717, 1.165) is 16.7 Å². The Kier molecular flexibility index (Phi) is 4.96. The first-order valence-corrected chi connectivity index (χ1v) is 8.31. The van der Waals surface area contributed by atoms with Gasteiger partial charge in [-0.1, -0.05) is 91.0 Å². The second kappa shape index (κ2) is 7.32. The van der Waals surface area contributed by atoms with Crippen LogP contribution in [-0.2, 0) is 10.3 Å². The molecule has 0 aliphatic heterocycles. The number of aliphatic carboxylic acids is 1. The fourth-order valence-corrected chi connectivity index (χ4v) is 3.20. The number of carboxylic acids is 1. The van der Waals surface area contributed by atoms with Crippen molar-refractivity contribution in [3.05, 3.63) is 108 Å². The highest BCUT2D eigenvalue weighted by Gasteiger charge is 2.38. The Morgan fingerprint density at radius 1 is 0.760 bits per heavy atom. The van der Waals surface area contributed by atoms with Crippen molar-refractivity contribution >= 4 is 5.97 Å². The molecule has 3 nitrogen and oxygen atoms in total. The van der Waals surface area contributed by atoms with Crippen LogP contribution in [-0.4, -0.2) is 17.1 Å². The summed E-state index contributed by atoms with van der Waals surface area (Å²) in [5.74, 6) is -0.882. The van der Waals surface area contributed by atoms with Crippen LogP contribution in [0.25, 0.3) is 0 Å². The van der Waals surface area contributed by atoms with Crippen molar-refractivity contribution in [1.29, 1.82) is 0 Å². The topological polar surface area (TPSA) is 49.3 Å². The third kappa shape index (κ3) is 3.32. The molecule has 0 aliphatic carbocycles. The number of carboxylic acid groups (broad SMARTS) is 1. The van der Waals surface area contributed by atoms with E-state index in [0.29, 0.717) is 0 Å². The summed E-state index contributed by atoms with van der Waals surface area (Å²) in [5.41, 5.74) is 2.25. The smallest absolute Gasteiger partial charge is 0.320 e. The van der Waals surface area contributed by atoms with Crippen molar-refractivity contribution in [3.8, 4) is 0 Å². The Hall–Kier alpha value is -2.91. The van der Waals surface area contributed by atoms with Crippen LogP contribution in [0.15, 0.2) is 91.0 Å². The summed E-state index contributed by atoms with van der Waals surface area (Å²) in [7, 11) is 0. The lowest BCUT2D eigenvalue weighted by Gasteiger charge is -2.38. The molecule has 0 spiro atoms. The quantitative estimate of drug-likeness (QED) is 0.670. The monoisotopic (exact) mass is 331 g/mol. The first-order valence-electron chi connectivity index (χ1n) is 8.31. The lowest BCUT2D eigenvalue weighted by atomic mass is 9.76. The second-order valence-electron chi connectivity index (χ2n) is 6.05.